The highest BCUT2D eigenvalue weighted by Crippen LogP contribution is 2.32. The predicted octanol–water partition coefficient (Wildman–Crippen LogP) is 4.65. The Hall–Kier alpha value is -3.19. The van der Waals surface area contributed by atoms with Crippen molar-refractivity contribution in [3.05, 3.63) is 70.6 Å². The largest absolute Gasteiger partial charge is 0.337 e. The zero-order valence-corrected chi connectivity index (χ0v) is 18.5. The van der Waals surface area contributed by atoms with Crippen LogP contribution in [0.25, 0.3) is 11.4 Å². The van der Waals surface area contributed by atoms with Crippen LogP contribution in [0, 0.1) is 0 Å². The third-order valence-electron chi connectivity index (χ3n) is 5.45. The summed E-state index contributed by atoms with van der Waals surface area (Å²) in [5.41, 5.74) is 1.37. The Labute approximate surface area is 185 Å². The fraction of sp³-hybridized carbons (Fsp3) is 0.304. The highest BCUT2D eigenvalue weighted by Gasteiger charge is 2.49. The maximum Gasteiger partial charge on any atom is 0.325 e. The summed E-state index contributed by atoms with van der Waals surface area (Å²) in [4.78, 5) is 31.2. The smallest absolute Gasteiger partial charge is 0.325 e. The summed E-state index contributed by atoms with van der Waals surface area (Å²) in [5, 5.41) is 7.28. The molecule has 31 heavy (non-hydrogen) atoms. The maximum absolute atomic E-state index is 13.2. The second-order valence-electron chi connectivity index (χ2n) is 8.80. The molecule has 160 valence electrons. The predicted molar refractivity (Wildman–Crippen MR) is 116 cm³/mol. The van der Waals surface area contributed by atoms with Crippen LogP contribution in [-0.4, -0.2) is 27.0 Å². The summed E-state index contributed by atoms with van der Waals surface area (Å²) in [5.74, 6) is 0.124. The number of imide groups is 1. The zero-order valence-electron chi connectivity index (χ0n) is 17.8. The quantitative estimate of drug-likeness (QED) is 0.599. The molecule has 0 aliphatic carbocycles. The van der Waals surface area contributed by atoms with Crippen LogP contribution in [0.1, 0.15) is 44.7 Å². The Kier molecular flexibility index (Phi) is 5.09. The number of hydrogen-bond acceptors (Lipinski definition) is 5. The molecule has 4 rings (SSSR count). The molecule has 3 aromatic rings. The van der Waals surface area contributed by atoms with Crippen molar-refractivity contribution >= 4 is 23.5 Å². The molecular formula is C23H23ClN4O3. The van der Waals surface area contributed by atoms with E-state index in [0.717, 1.165) is 10.5 Å². The van der Waals surface area contributed by atoms with Gasteiger partial charge in [0.2, 0.25) is 11.7 Å². The van der Waals surface area contributed by atoms with Crippen LogP contribution in [0.3, 0.4) is 0 Å². The maximum atomic E-state index is 13.2. The summed E-state index contributed by atoms with van der Waals surface area (Å²) in [6.45, 7) is 7.94. The van der Waals surface area contributed by atoms with E-state index in [1.54, 1.807) is 31.2 Å². The lowest BCUT2D eigenvalue weighted by molar-refractivity contribution is -0.131. The normalized spacial score (nSPS) is 19.1. The van der Waals surface area contributed by atoms with Gasteiger partial charge in [-0.1, -0.05) is 73.9 Å². The van der Waals surface area contributed by atoms with E-state index in [9.17, 15) is 9.59 Å². The summed E-state index contributed by atoms with van der Waals surface area (Å²) in [7, 11) is 0. The summed E-state index contributed by atoms with van der Waals surface area (Å²) >= 11 is 6.01. The molecule has 0 radical (unpaired) electrons. The molecule has 0 bridgehead atoms. The molecule has 7 nitrogen and oxygen atoms in total. The number of rotatable bonds is 4. The molecule has 3 amide bonds. The van der Waals surface area contributed by atoms with Crippen LogP contribution >= 0.6 is 11.6 Å². The van der Waals surface area contributed by atoms with Crippen LogP contribution in [0.4, 0.5) is 4.79 Å². The summed E-state index contributed by atoms with van der Waals surface area (Å²) in [6, 6.07) is 14.3. The number of aromatic nitrogens is 2. The van der Waals surface area contributed by atoms with Crippen molar-refractivity contribution in [2.45, 2.75) is 45.2 Å². The van der Waals surface area contributed by atoms with Crippen LogP contribution in [0.15, 0.2) is 53.1 Å². The van der Waals surface area contributed by atoms with Gasteiger partial charge in [0.1, 0.15) is 12.1 Å². The SMILES string of the molecule is CC(C)(C)c1ccc(C2(C)NC(=O)N(Cc3nc(-c4cccc(Cl)c4)no3)C2=O)cc1. The van der Waals surface area contributed by atoms with Gasteiger partial charge in [0.05, 0.1) is 0 Å². The second-order valence-corrected chi connectivity index (χ2v) is 9.23. The van der Waals surface area contributed by atoms with Gasteiger partial charge in [0, 0.05) is 10.6 Å². The van der Waals surface area contributed by atoms with Gasteiger partial charge < -0.3 is 9.84 Å². The molecule has 1 aliphatic heterocycles. The van der Waals surface area contributed by atoms with Crippen molar-refractivity contribution in [1.29, 1.82) is 0 Å². The molecule has 2 heterocycles. The lowest BCUT2D eigenvalue weighted by Crippen LogP contribution is -2.40. The van der Waals surface area contributed by atoms with E-state index in [2.05, 4.69) is 36.2 Å². The first-order valence-corrected chi connectivity index (χ1v) is 10.3. The Morgan fingerprint density at radius 3 is 2.48 bits per heavy atom. The van der Waals surface area contributed by atoms with Gasteiger partial charge in [-0.3, -0.25) is 9.69 Å². The number of benzene rings is 2. The van der Waals surface area contributed by atoms with Crippen LogP contribution in [0.2, 0.25) is 5.02 Å². The first-order chi connectivity index (χ1) is 14.6. The molecule has 1 saturated heterocycles. The lowest BCUT2D eigenvalue weighted by atomic mass is 9.84. The van der Waals surface area contributed by atoms with Gasteiger partial charge in [-0.15, -0.1) is 0 Å². The Morgan fingerprint density at radius 1 is 1.13 bits per heavy atom. The molecule has 0 saturated carbocycles. The molecule has 1 unspecified atom stereocenters. The van der Waals surface area contributed by atoms with Crippen molar-refractivity contribution in [2.24, 2.45) is 0 Å². The zero-order chi connectivity index (χ0) is 22.4. The van der Waals surface area contributed by atoms with Crippen molar-refractivity contribution in [3.8, 4) is 11.4 Å². The van der Waals surface area contributed by atoms with Crippen LogP contribution in [-0.2, 0) is 22.3 Å². The van der Waals surface area contributed by atoms with Crippen molar-refractivity contribution in [1.82, 2.24) is 20.4 Å². The number of urea groups is 1. The van der Waals surface area contributed by atoms with Crippen molar-refractivity contribution in [3.63, 3.8) is 0 Å². The average Bonchev–Trinajstić information content (AvgIpc) is 3.27. The highest BCUT2D eigenvalue weighted by molar-refractivity contribution is 6.30. The van der Waals surface area contributed by atoms with E-state index in [1.165, 1.54) is 0 Å². The van der Waals surface area contributed by atoms with Crippen LogP contribution in [0.5, 0.6) is 0 Å². The number of carbonyl (C=O) groups is 2. The molecule has 1 atom stereocenters. The van der Waals surface area contributed by atoms with Gasteiger partial charge in [-0.25, -0.2) is 4.79 Å². The van der Waals surface area contributed by atoms with E-state index >= 15 is 0 Å². The number of nitrogens with zero attached hydrogens (tertiary/aromatic N) is 3. The summed E-state index contributed by atoms with van der Waals surface area (Å²) < 4.78 is 5.27. The molecular weight excluding hydrogens is 416 g/mol. The average molecular weight is 439 g/mol. The molecule has 8 heteroatoms. The molecule has 1 fully saturated rings. The molecule has 1 aliphatic rings. The van der Waals surface area contributed by atoms with E-state index in [-0.39, 0.29) is 23.8 Å². The number of nitrogens with one attached hydrogen (secondary N) is 1. The number of halogens is 1. The standard InChI is InChI=1S/C23H23ClN4O3/c1-22(2,3)15-8-10-16(11-9-15)23(4)20(29)28(21(30)26-23)13-18-25-19(27-31-18)14-6-5-7-17(24)12-14/h5-12H,13H2,1-4H3,(H,26,30). The van der Waals surface area contributed by atoms with E-state index in [4.69, 9.17) is 16.1 Å². The third-order valence-corrected chi connectivity index (χ3v) is 5.68. The van der Waals surface area contributed by atoms with Gasteiger partial charge >= 0.3 is 6.03 Å². The second kappa shape index (κ2) is 7.50. The van der Waals surface area contributed by atoms with Crippen molar-refractivity contribution < 1.29 is 14.1 Å². The molecule has 1 N–H and O–H groups in total. The molecule has 2 aromatic carbocycles. The minimum atomic E-state index is -1.16. The Balaban J connectivity index is 1.55. The first kappa shape index (κ1) is 21.1. The number of hydrogen-bond donors (Lipinski definition) is 1. The van der Waals surface area contributed by atoms with E-state index in [1.807, 2.05) is 24.3 Å². The van der Waals surface area contributed by atoms with Gasteiger partial charge in [0.15, 0.2) is 0 Å². The molecule has 1 aromatic heterocycles. The Bertz CT molecular complexity index is 1150. The minimum Gasteiger partial charge on any atom is -0.337 e. The van der Waals surface area contributed by atoms with Crippen LogP contribution < -0.4 is 5.32 Å². The van der Waals surface area contributed by atoms with Gasteiger partial charge in [-0.05, 0) is 35.6 Å². The lowest BCUT2D eigenvalue weighted by Gasteiger charge is -2.24. The van der Waals surface area contributed by atoms with E-state index in [0.29, 0.717) is 22.0 Å². The van der Waals surface area contributed by atoms with Crippen molar-refractivity contribution in [2.75, 3.05) is 0 Å². The van der Waals surface area contributed by atoms with Gasteiger partial charge in [-0.2, -0.15) is 4.98 Å². The highest BCUT2D eigenvalue weighted by atomic mass is 35.5. The molecule has 0 spiro atoms. The third kappa shape index (κ3) is 3.93. The minimum absolute atomic E-state index is 0.00690. The monoisotopic (exact) mass is 438 g/mol. The van der Waals surface area contributed by atoms with E-state index < -0.39 is 11.6 Å². The number of carbonyl (C=O) groups excluding carboxylic acids is 2. The fourth-order valence-corrected chi connectivity index (χ4v) is 3.73. The number of amides is 3. The Morgan fingerprint density at radius 2 is 1.84 bits per heavy atom. The summed E-state index contributed by atoms with van der Waals surface area (Å²) in [6.07, 6.45) is 0. The fourth-order valence-electron chi connectivity index (χ4n) is 3.54. The first-order valence-electron chi connectivity index (χ1n) is 9.91. The van der Waals surface area contributed by atoms with Gasteiger partial charge in [0.25, 0.3) is 5.91 Å². The topological polar surface area (TPSA) is 88.3 Å².